The Morgan fingerprint density at radius 3 is 2.90 bits per heavy atom. The Labute approximate surface area is 127 Å². The van der Waals surface area contributed by atoms with Gasteiger partial charge < -0.3 is 5.32 Å². The fraction of sp³-hybridized carbons (Fsp3) is 0.600. The number of hydrogen-bond donors (Lipinski definition) is 1. The van der Waals surface area contributed by atoms with Gasteiger partial charge in [0.1, 0.15) is 5.54 Å². The molecule has 1 spiro atoms. The van der Waals surface area contributed by atoms with Gasteiger partial charge in [0.15, 0.2) is 0 Å². The van der Waals surface area contributed by atoms with Crippen molar-refractivity contribution in [1.29, 1.82) is 0 Å². The number of imide groups is 1. The minimum Gasteiger partial charge on any atom is -0.323 e. The van der Waals surface area contributed by atoms with Gasteiger partial charge in [-0.3, -0.25) is 9.69 Å². The lowest BCUT2D eigenvalue weighted by Crippen LogP contribution is -2.46. The van der Waals surface area contributed by atoms with Gasteiger partial charge in [0, 0.05) is 18.0 Å². The van der Waals surface area contributed by atoms with E-state index in [4.69, 9.17) is 0 Å². The van der Waals surface area contributed by atoms with Crippen LogP contribution in [0.3, 0.4) is 0 Å². The second-order valence-corrected chi connectivity index (χ2v) is 7.27. The van der Waals surface area contributed by atoms with Crippen LogP contribution in [-0.4, -0.2) is 40.5 Å². The van der Waals surface area contributed by atoms with Crippen molar-refractivity contribution in [2.45, 2.75) is 44.2 Å². The van der Waals surface area contributed by atoms with E-state index < -0.39 is 5.54 Å². The average Bonchev–Trinajstić information content (AvgIpc) is 3.16. The van der Waals surface area contributed by atoms with E-state index >= 15 is 0 Å². The zero-order chi connectivity index (χ0) is 14.4. The maximum Gasteiger partial charge on any atom is 0.326 e. The molecule has 4 rings (SSSR count). The van der Waals surface area contributed by atoms with Gasteiger partial charge in [-0.1, -0.05) is 12.8 Å². The Bertz CT molecular complexity index is 591. The van der Waals surface area contributed by atoms with Crippen LogP contribution in [0.4, 0.5) is 4.79 Å². The predicted octanol–water partition coefficient (Wildman–Crippen LogP) is 1.93. The van der Waals surface area contributed by atoms with Crippen LogP contribution in [0.5, 0.6) is 0 Å². The van der Waals surface area contributed by atoms with E-state index in [0.29, 0.717) is 6.67 Å². The number of urea groups is 1. The number of carbonyl (C=O) groups excluding carboxylic acids is 2. The van der Waals surface area contributed by atoms with Gasteiger partial charge in [-0.2, -0.15) is 0 Å². The minimum absolute atomic E-state index is 0.0129. The van der Waals surface area contributed by atoms with Crippen LogP contribution in [0.2, 0.25) is 0 Å². The molecule has 0 unspecified atom stereocenters. The van der Waals surface area contributed by atoms with Gasteiger partial charge in [-0.15, -0.1) is 11.3 Å². The molecular formula is C15H19N3O2S. The van der Waals surface area contributed by atoms with E-state index in [2.05, 4.69) is 21.7 Å². The van der Waals surface area contributed by atoms with Gasteiger partial charge in [0.2, 0.25) is 0 Å². The first-order valence-electron chi connectivity index (χ1n) is 7.60. The molecule has 6 heteroatoms. The number of nitrogens with zero attached hydrogens (tertiary/aromatic N) is 2. The largest absolute Gasteiger partial charge is 0.326 e. The SMILES string of the molecule is O=C1NC2(CCCC2)C(=O)N1CN1CCc2sccc2C1. The molecule has 0 atom stereocenters. The van der Waals surface area contributed by atoms with Gasteiger partial charge in [0.05, 0.1) is 6.67 Å². The highest BCUT2D eigenvalue weighted by Gasteiger charge is 2.52. The van der Waals surface area contributed by atoms with Crippen LogP contribution in [0.15, 0.2) is 11.4 Å². The first kappa shape index (κ1) is 13.3. The van der Waals surface area contributed by atoms with Gasteiger partial charge >= 0.3 is 6.03 Å². The third kappa shape index (κ3) is 2.08. The smallest absolute Gasteiger partial charge is 0.323 e. The molecule has 1 aromatic rings. The summed E-state index contributed by atoms with van der Waals surface area (Å²) in [4.78, 5) is 29.9. The van der Waals surface area contributed by atoms with Crippen molar-refractivity contribution in [1.82, 2.24) is 15.1 Å². The topological polar surface area (TPSA) is 52.7 Å². The Balaban J connectivity index is 1.48. The fourth-order valence-corrected chi connectivity index (χ4v) is 4.64. The van der Waals surface area contributed by atoms with Crippen molar-refractivity contribution in [2.75, 3.05) is 13.2 Å². The molecule has 1 aromatic heterocycles. The summed E-state index contributed by atoms with van der Waals surface area (Å²) in [6.45, 7) is 2.17. The second-order valence-electron chi connectivity index (χ2n) is 6.27. The number of carbonyl (C=O) groups is 2. The molecule has 0 aromatic carbocycles. The molecule has 21 heavy (non-hydrogen) atoms. The summed E-state index contributed by atoms with van der Waals surface area (Å²) in [6, 6.07) is 1.94. The van der Waals surface area contributed by atoms with Crippen molar-refractivity contribution in [3.8, 4) is 0 Å². The predicted molar refractivity (Wildman–Crippen MR) is 79.9 cm³/mol. The summed E-state index contributed by atoms with van der Waals surface area (Å²) < 4.78 is 0. The lowest BCUT2D eigenvalue weighted by atomic mass is 9.98. The van der Waals surface area contributed by atoms with Crippen LogP contribution in [0.1, 0.15) is 36.1 Å². The zero-order valence-corrected chi connectivity index (χ0v) is 12.7. The van der Waals surface area contributed by atoms with E-state index in [0.717, 1.165) is 45.2 Å². The molecule has 2 fully saturated rings. The molecule has 3 heterocycles. The molecule has 5 nitrogen and oxygen atoms in total. The van der Waals surface area contributed by atoms with Crippen molar-refractivity contribution >= 4 is 23.3 Å². The summed E-state index contributed by atoms with van der Waals surface area (Å²) >= 11 is 1.80. The fourth-order valence-electron chi connectivity index (χ4n) is 3.75. The maximum atomic E-state index is 12.6. The number of nitrogens with one attached hydrogen (secondary N) is 1. The Hall–Kier alpha value is -1.40. The van der Waals surface area contributed by atoms with Crippen LogP contribution < -0.4 is 5.32 Å². The second kappa shape index (κ2) is 4.81. The van der Waals surface area contributed by atoms with E-state index in [1.807, 2.05) is 0 Å². The van der Waals surface area contributed by atoms with Crippen LogP contribution in [0.25, 0.3) is 0 Å². The van der Waals surface area contributed by atoms with Crippen molar-refractivity contribution in [3.05, 3.63) is 21.9 Å². The van der Waals surface area contributed by atoms with Gasteiger partial charge in [-0.25, -0.2) is 9.69 Å². The molecule has 2 aliphatic heterocycles. The normalized spacial score (nSPS) is 24.7. The molecular weight excluding hydrogens is 286 g/mol. The van der Waals surface area contributed by atoms with Crippen molar-refractivity contribution in [2.24, 2.45) is 0 Å². The molecule has 1 N–H and O–H groups in total. The molecule has 0 bridgehead atoms. The molecule has 1 saturated carbocycles. The number of thiophene rings is 1. The third-order valence-corrected chi connectivity index (χ3v) is 5.95. The Morgan fingerprint density at radius 2 is 2.10 bits per heavy atom. The average molecular weight is 305 g/mol. The highest BCUT2D eigenvalue weighted by Crippen LogP contribution is 2.35. The first-order valence-corrected chi connectivity index (χ1v) is 8.48. The minimum atomic E-state index is -0.583. The molecule has 0 radical (unpaired) electrons. The third-order valence-electron chi connectivity index (χ3n) is 4.93. The highest BCUT2D eigenvalue weighted by molar-refractivity contribution is 7.10. The summed E-state index contributed by atoms with van der Waals surface area (Å²) in [5.74, 6) is -0.0129. The maximum absolute atomic E-state index is 12.6. The monoisotopic (exact) mass is 305 g/mol. The van der Waals surface area contributed by atoms with Crippen LogP contribution >= 0.6 is 11.3 Å². The van der Waals surface area contributed by atoms with Crippen molar-refractivity contribution < 1.29 is 9.59 Å². The molecule has 1 saturated heterocycles. The first-order chi connectivity index (χ1) is 10.2. The van der Waals surface area contributed by atoms with Gasteiger partial charge in [-0.05, 0) is 36.3 Å². The Morgan fingerprint density at radius 1 is 1.29 bits per heavy atom. The van der Waals surface area contributed by atoms with Crippen LogP contribution in [-0.2, 0) is 17.8 Å². The molecule has 3 aliphatic rings. The standard InChI is InChI=1S/C15H19N3O2S/c19-13-15(5-1-2-6-15)16-14(20)18(13)10-17-7-3-12-11(9-17)4-8-21-12/h4,8H,1-3,5-7,9-10H2,(H,16,20). The molecule has 112 valence electrons. The summed E-state index contributed by atoms with van der Waals surface area (Å²) in [5.41, 5.74) is 0.759. The highest BCUT2D eigenvalue weighted by atomic mass is 32.1. The zero-order valence-electron chi connectivity index (χ0n) is 11.9. The van der Waals surface area contributed by atoms with E-state index in [9.17, 15) is 9.59 Å². The molecule has 3 amide bonds. The van der Waals surface area contributed by atoms with Gasteiger partial charge in [0.25, 0.3) is 5.91 Å². The quantitative estimate of drug-likeness (QED) is 0.850. The summed E-state index contributed by atoms with van der Waals surface area (Å²) in [7, 11) is 0. The summed E-state index contributed by atoms with van der Waals surface area (Å²) in [6.07, 6.45) is 4.66. The summed E-state index contributed by atoms with van der Waals surface area (Å²) in [5, 5.41) is 5.07. The molecule has 1 aliphatic carbocycles. The van der Waals surface area contributed by atoms with E-state index in [-0.39, 0.29) is 11.9 Å². The lowest BCUT2D eigenvalue weighted by Gasteiger charge is -2.30. The number of hydrogen-bond acceptors (Lipinski definition) is 4. The lowest BCUT2D eigenvalue weighted by molar-refractivity contribution is -0.132. The van der Waals surface area contributed by atoms with E-state index in [1.54, 1.807) is 11.3 Å². The van der Waals surface area contributed by atoms with Crippen LogP contribution in [0, 0.1) is 0 Å². The number of rotatable bonds is 2. The number of amides is 3. The number of fused-ring (bicyclic) bond motifs is 1. The van der Waals surface area contributed by atoms with Crippen molar-refractivity contribution in [3.63, 3.8) is 0 Å². The van der Waals surface area contributed by atoms with E-state index in [1.165, 1.54) is 15.3 Å². The Kier molecular flexibility index (Phi) is 3.04.